The Hall–Kier alpha value is -1.84. The van der Waals surface area contributed by atoms with Crippen molar-refractivity contribution < 1.29 is 19.1 Å². The molecule has 0 saturated heterocycles. The molecule has 1 saturated carbocycles. The summed E-state index contributed by atoms with van der Waals surface area (Å²) in [5, 5.41) is 0. The zero-order chi connectivity index (χ0) is 13.6. The standard InChI is InChI=1S/C15H16O4/c1-18-13(16)15(14(17)19-2)11-8-7-9-5-3-4-6-10(9)12(11)15/h3-6,11-12H,7-8H2,1-2H3. The topological polar surface area (TPSA) is 52.6 Å². The Labute approximate surface area is 111 Å². The summed E-state index contributed by atoms with van der Waals surface area (Å²) < 4.78 is 9.74. The average Bonchev–Trinajstić information content (AvgIpc) is 3.16. The van der Waals surface area contributed by atoms with Gasteiger partial charge in [0.05, 0.1) is 14.2 Å². The van der Waals surface area contributed by atoms with E-state index in [-0.39, 0.29) is 11.8 Å². The first-order valence-electron chi connectivity index (χ1n) is 6.42. The maximum absolute atomic E-state index is 12.1. The Kier molecular flexibility index (Phi) is 2.62. The number of aryl methyl sites for hydroxylation is 1. The Morgan fingerprint density at radius 2 is 1.79 bits per heavy atom. The van der Waals surface area contributed by atoms with Crippen LogP contribution in [0.4, 0.5) is 0 Å². The van der Waals surface area contributed by atoms with Crippen LogP contribution in [0.1, 0.15) is 23.5 Å². The smallest absolute Gasteiger partial charge is 0.324 e. The second-order valence-corrected chi connectivity index (χ2v) is 5.17. The van der Waals surface area contributed by atoms with Gasteiger partial charge in [-0.3, -0.25) is 9.59 Å². The summed E-state index contributed by atoms with van der Waals surface area (Å²) >= 11 is 0. The first-order valence-corrected chi connectivity index (χ1v) is 6.42. The number of hydrogen-bond acceptors (Lipinski definition) is 4. The summed E-state index contributed by atoms with van der Waals surface area (Å²) in [6, 6.07) is 7.99. The van der Waals surface area contributed by atoms with Crippen molar-refractivity contribution in [2.75, 3.05) is 14.2 Å². The van der Waals surface area contributed by atoms with Gasteiger partial charge in [0, 0.05) is 5.92 Å². The highest BCUT2D eigenvalue weighted by Crippen LogP contribution is 2.70. The molecule has 2 atom stereocenters. The molecule has 4 nitrogen and oxygen atoms in total. The molecule has 1 aromatic rings. The predicted octanol–water partition coefficient (Wildman–Crippen LogP) is 1.68. The third kappa shape index (κ3) is 1.40. The van der Waals surface area contributed by atoms with Gasteiger partial charge in [0.2, 0.25) is 0 Å². The van der Waals surface area contributed by atoms with Crippen LogP contribution in [0.25, 0.3) is 0 Å². The van der Waals surface area contributed by atoms with Gasteiger partial charge in [-0.05, 0) is 29.9 Å². The lowest BCUT2D eigenvalue weighted by molar-refractivity contribution is -0.162. The van der Waals surface area contributed by atoms with Crippen molar-refractivity contribution in [3.63, 3.8) is 0 Å². The van der Waals surface area contributed by atoms with Gasteiger partial charge in [0.25, 0.3) is 0 Å². The number of carbonyl (C=O) groups excluding carboxylic acids is 2. The molecule has 19 heavy (non-hydrogen) atoms. The van der Waals surface area contributed by atoms with E-state index in [2.05, 4.69) is 6.07 Å². The molecule has 2 unspecified atom stereocenters. The maximum atomic E-state index is 12.1. The lowest BCUT2D eigenvalue weighted by Crippen LogP contribution is -2.31. The first-order chi connectivity index (χ1) is 9.17. The lowest BCUT2D eigenvalue weighted by Gasteiger charge is -2.14. The summed E-state index contributed by atoms with van der Waals surface area (Å²) in [5.74, 6) is -1.00. The molecule has 1 fully saturated rings. The molecule has 4 heteroatoms. The molecular weight excluding hydrogens is 244 g/mol. The van der Waals surface area contributed by atoms with E-state index >= 15 is 0 Å². The van der Waals surface area contributed by atoms with Crippen LogP contribution in [0.5, 0.6) is 0 Å². The number of rotatable bonds is 2. The fourth-order valence-electron chi connectivity index (χ4n) is 3.67. The van der Waals surface area contributed by atoms with E-state index in [1.54, 1.807) is 0 Å². The number of benzene rings is 1. The normalized spacial score (nSPS) is 25.8. The minimum absolute atomic E-state index is 0.0160. The minimum atomic E-state index is -1.11. The van der Waals surface area contributed by atoms with Gasteiger partial charge < -0.3 is 9.47 Å². The van der Waals surface area contributed by atoms with E-state index in [1.807, 2.05) is 18.2 Å². The summed E-state index contributed by atoms with van der Waals surface area (Å²) in [7, 11) is 2.65. The van der Waals surface area contributed by atoms with Crippen LogP contribution in [0.15, 0.2) is 24.3 Å². The number of esters is 2. The third-order valence-corrected chi connectivity index (χ3v) is 4.53. The summed E-state index contributed by atoms with van der Waals surface area (Å²) in [5.41, 5.74) is 1.20. The second-order valence-electron chi connectivity index (χ2n) is 5.17. The van der Waals surface area contributed by atoms with Crippen molar-refractivity contribution >= 4 is 11.9 Å². The average molecular weight is 260 g/mol. The van der Waals surface area contributed by atoms with Crippen molar-refractivity contribution in [3.05, 3.63) is 35.4 Å². The van der Waals surface area contributed by atoms with Gasteiger partial charge in [-0.2, -0.15) is 0 Å². The van der Waals surface area contributed by atoms with Crippen LogP contribution in [0.3, 0.4) is 0 Å². The molecule has 100 valence electrons. The molecule has 0 aromatic heterocycles. The lowest BCUT2D eigenvalue weighted by atomic mass is 9.92. The summed E-state index contributed by atoms with van der Waals surface area (Å²) in [6.07, 6.45) is 1.72. The zero-order valence-corrected chi connectivity index (χ0v) is 11.0. The number of carbonyl (C=O) groups is 2. The van der Waals surface area contributed by atoms with Crippen LogP contribution < -0.4 is 0 Å². The van der Waals surface area contributed by atoms with Crippen molar-refractivity contribution in [2.45, 2.75) is 18.8 Å². The Morgan fingerprint density at radius 1 is 1.16 bits per heavy atom. The van der Waals surface area contributed by atoms with E-state index in [1.165, 1.54) is 19.8 Å². The van der Waals surface area contributed by atoms with Crippen molar-refractivity contribution in [2.24, 2.45) is 11.3 Å². The van der Waals surface area contributed by atoms with E-state index in [9.17, 15) is 9.59 Å². The minimum Gasteiger partial charge on any atom is -0.468 e. The van der Waals surface area contributed by atoms with Gasteiger partial charge in [0.15, 0.2) is 5.41 Å². The second kappa shape index (κ2) is 4.08. The molecule has 0 N–H and O–H groups in total. The molecule has 0 aliphatic heterocycles. The van der Waals surface area contributed by atoms with E-state index in [4.69, 9.17) is 9.47 Å². The fraction of sp³-hybridized carbons (Fsp3) is 0.467. The van der Waals surface area contributed by atoms with Gasteiger partial charge in [0.1, 0.15) is 0 Å². The van der Waals surface area contributed by atoms with Gasteiger partial charge in [-0.1, -0.05) is 24.3 Å². The van der Waals surface area contributed by atoms with Crippen LogP contribution >= 0.6 is 0 Å². The molecule has 0 amide bonds. The quantitative estimate of drug-likeness (QED) is 0.599. The molecule has 0 radical (unpaired) electrons. The van der Waals surface area contributed by atoms with Crippen LogP contribution in [0, 0.1) is 11.3 Å². The molecular formula is C15H16O4. The SMILES string of the molecule is COC(=O)C1(C(=O)OC)C2CCc3ccccc3C21. The van der Waals surface area contributed by atoms with Crippen molar-refractivity contribution in [1.29, 1.82) is 0 Å². The highest BCUT2D eigenvalue weighted by molar-refractivity contribution is 6.06. The molecule has 2 aliphatic carbocycles. The molecule has 0 spiro atoms. The Balaban J connectivity index is 2.08. The largest absolute Gasteiger partial charge is 0.468 e. The molecule has 0 bridgehead atoms. The van der Waals surface area contributed by atoms with Crippen molar-refractivity contribution in [1.82, 2.24) is 0 Å². The van der Waals surface area contributed by atoms with Gasteiger partial charge >= 0.3 is 11.9 Å². The maximum Gasteiger partial charge on any atom is 0.324 e. The van der Waals surface area contributed by atoms with Crippen molar-refractivity contribution in [3.8, 4) is 0 Å². The molecule has 2 aliphatic rings. The monoisotopic (exact) mass is 260 g/mol. The summed E-state index contributed by atoms with van der Waals surface area (Å²) in [4.78, 5) is 24.3. The van der Waals surface area contributed by atoms with Gasteiger partial charge in [-0.15, -0.1) is 0 Å². The zero-order valence-electron chi connectivity index (χ0n) is 11.0. The Morgan fingerprint density at radius 3 is 2.42 bits per heavy atom. The van der Waals surface area contributed by atoms with Crippen LogP contribution in [-0.4, -0.2) is 26.2 Å². The predicted molar refractivity (Wildman–Crippen MR) is 67.5 cm³/mol. The fourth-order valence-corrected chi connectivity index (χ4v) is 3.67. The van der Waals surface area contributed by atoms with E-state index in [0.29, 0.717) is 0 Å². The van der Waals surface area contributed by atoms with Gasteiger partial charge in [-0.25, -0.2) is 0 Å². The highest BCUT2D eigenvalue weighted by Gasteiger charge is 2.77. The Bertz CT molecular complexity index is 533. The number of hydrogen-bond donors (Lipinski definition) is 0. The van der Waals surface area contributed by atoms with E-state index in [0.717, 1.165) is 18.4 Å². The number of ether oxygens (including phenoxy) is 2. The van der Waals surface area contributed by atoms with Crippen LogP contribution in [-0.2, 0) is 25.5 Å². The molecule has 3 rings (SSSR count). The third-order valence-electron chi connectivity index (χ3n) is 4.53. The number of fused-ring (bicyclic) bond motifs is 3. The van der Waals surface area contributed by atoms with E-state index < -0.39 is 17.4 Å². The highest BCUT2D eigenvalue weighted by atomic mass is 16.5. The molecule has 0 heterocycles. The number of methoxy groups -OCH3 is 2. The van der Waals surface area contributed by atoms with Crippen LogP contribution in [0.2, 0.25) is 0 Å². The molecule has 1 aromatic carbocycles. The summed E-state index contributed by atoms with van der Waals surface area (Å²) in [6.45, 7) is 0. The first kappa shape index (κ1) is 12.2.